The molecule has 3 aromatic rings. The fraction of sp³-hybridized carbons (Fsp3) is 0.250. The number of hydrogen-bond donors (Lipinski definition) is 3. The number of rotatable bonds is 10. The van der Waals surface area contributed by atoms with Crippen LogP contribution in [0, 0.1) is 11.6 Å². The lowest BCUT2D eigenvalue weighted by Crippen LogP contribution is -2.17. The van der Waals surface area contributed by atoms with E-state index in [9.17, 15) is 13.6 Å². The molecule has 7 heteroatoms. The normalized spacial score (nSPS) is 10.5. The van der Waals surface area contributed by atoms with Crippen molar-refractivity contribution in [3.05, 3.63) is 83.4 Å². The van der Waals surface area contributed by atoms with Crippen molar-refractivity contribution in [1.82, 2.24) is 4.98 Å². The van der Waals surface area contributed by atoms with E-state index in [1.807, 2.05) is 0 Å². The number of halogens is 2. The van der Waals surface area contributed by atoms with Gasteiger partial charge in [0.05, 0.1) is 12.1 Å². The van der Waals surface area contributed by atoms with Gasteiger partial charge in [-0.3, -0.25) is 4.79 Å². The van der Waals surface area contributed by atoms with Gasteiger partial charge in [-0.15, -0.1) is 0 Å². The number of amides is 1. The van der Waals surface area contributed by atoms with Crippen molar-refractivity contribution in [1.29, 1.82) is 0 Å². The molecule has 162 valence electrons. The number of benzene rings is 2. The van der Waals surface area contributed by atoms with E-state index in [-0.39, 0.29) is 24.0 Å². The predicted molar refractivity (Wildman–Crippen MR) is 120 cm³/mol. The molecule has 0 atom stereocenters. The summed E-state index contributed by atoms with van der Waals surface area (Å²) in [7, 11) is 0. The van der Waals surface area contributed by atoms with Crippen LogP contribution in [0.5, 0.6) is 0 Å². The molecule has 3 N–H and O–H groups in total. The van der Waals surface area contributed by atoms with Crippen molar-refractivity contribution in [2.75, 3.05) is 22.5 Å². The summed E-state index contributed by atoms with van der Waals surface area (Å²) in [5, 5.41) is 9.33. The summed E-state index contributed by atoms with van der Waals surface area (Å²) in [6.07, 6.45) is 2.05. The van der Waals surface area contributed by atoms with Crippen molar-refractivity contribution in [3.63, 3.8) is 0 Å². The number of aromatic nitrogens is 1. The van der Waals surface area contributed by atoms with E-state index in [4.69, 9.17) is 0 Å². The number of anilines is 3. The number of nitrogens with zero attached hydrogens (tertiary/aromatic N) is 1. The summed E-state index contributed by atoms with van der Waals surface area (Å²) >= 11 is 0. The average Bonchev–Trinajstić information content (AvgIpc) is 2.75. The quantitative estimate of drug-likeness (QED) is 0.383. The second-order valence-electron chi connectivity index (χ2n) is 7.21. The number of pyridine rings is 1. The van der Waals surface area contributed by atoms with Gasteiger partial charge in [-0.05, 0) is 53.9 Å². The Morgan fingerprint density at radius 1 is 0.935 bits per heavy atom. The molecule has 0 radical (unpaired) electrons. The van der Waals surface area contributed by atoms with E-state index in [0.29, 0.717) is 29.4 Å². The summed E-state index contributed by atoms with van der Waals surface area (Å²) in [6, 6.07) is 15.8. The van der Waals surface area contributed by atoms with E-state index >= 15 is 0 Å². The van der Waals surface area contributed by atoms with E-state index in [0.717, 1.165) is 24.9 Å². The van der Waals surface area contributed by atoms with Gasteiger partial charge in [-0.2, -0.15) is 0 Å². The van der Waals surface area contributed by atoms with Gasteiger partial charge >= 0.3 is 0 Å². The van der Waals surface area contributed by atoms with Gasteiger partial charge < -0.3 is 16.0 Å². The van der Waals surface area contributed by atoms with Gasteiger partial charge in [0.25, 0.3) is 0 Å². The molecule has 0 unspecified atom stereocenters. The Hall–Kier alpha value is -3.48. The first-order valence-corrected chi connectivity index (χ1v) is 10.3. The van der Waals surface area contributed by atoms with Crippen LogP contribution < -0.4 is 16.0 Å². The minimum Gasteiger partial charge on any atom is -0.368 e. The number of carbonyl (C=O) groups is 1. The molecule has 0 saturated carbocycles. The van der Waals surface area contributed by atoms with Crippen LogP contribution >= 0.6 is 0 Å². The van der Waals surface area contributed by atoms with E-state index in [1.165, 1.54) is 24.3 Å². The largest absolute Gasteiger partial charge is 0.368 e. The monoisotopic (exact) mass is 424 g/mol. The SMILES string of the molecule is CCCCNc1nc(NCc2ccc(F)cc2)ccc1NC(=O)Cc1cccc(F)c1. The standard InChI is InChI=1S/C24H26F2N4O/c1-2-3-13-27-24-21(29-23(31)15-18-5-4-6-20(26)14-18)11-12-22(30-24)28-16-17-7-9-19(25)10-8-17/h4-12,14H,2-3,13,15-16H2,1H3,(H,29,31)(H2,27,28,30). The molecule has 0 aliphatic rings. The first-order valence-electron chi connectivity index (χ1n) is 10.3. The zero-order valence-corrected chi connectivity index (χ0v) is 17.4. The highest BCUT2D eigenvalue weighted by Gasteiger charge is 2.11. The van der Waals surface area contributed by atoms with Gasteiger partial charge in [0.1, 0.15) is 17.5 Å². The summed E-state index contributed by atoms with van der Waals surface area (Å²) in [5.41, 5.74) is 2.09. The molecule has 0 bridgehead atoms. The molecule has 31 heavy (non-hydrogen) atoms. The van der Waals surface area contributed by atoms with Crippen LogP contribution in [-0.2, 0) is 17.8 Å². The lowest BCUT2D eigenvalue weighted by atomic mass is 10.1. The van der Waals surface area contributed by atoms with Crippen molar-refractivity contribution in [3.8, 4) is 0 Å². The van der Waals surface area contributed by atoms with Crippen LogP contribution in [0.3, 0.4) is 0 Å². The zero-order valence-electron chi connectivity index (χ0n) is 17.4. The van der Waals surface area contributed by atoms with Crippen LogP contribution in [0.25, 0.3) is 0 Å². The smallest absolute Gasteiger partial charge is 0.228 e. The highest BCUT2D eigenvalue weighted by atomic mass is 19.1. The Morgan fingerprint density at radius 2 is 1.74 bits per heavy atom. The third-order valence-electron chi connectivity index (χ3n) is 4.63. The van der Waals surface area contributed by atoms with Gasteiger partial charge in [0, 0.05) is 13.1 Å². The Balaban J connectivity index is 1.68. The first-order chi connectivity index (χ1) is 15.0. The zero-order chi connectivity index (χ0) is 22.1. The van der Waals surface area contributed by atoms with Gasteiger partial charge in [0.2, 0.25) is 5.91 Å². The fourth-order valence-electron chi connectivity index (χ4n) is 3.00. The summed E-state index contributed by atoms with van der Waals surface area (Å²) in [4.78, 5) is 17.0. The van der Waals surface area contributed by atoms with Gasteiger partial charge in [-0.1, -0.05) is 37.6 Å². The molecule has 5 nitrogen and oxygen atoms in total. The lowest BCUT2D eigenvalue weighted by molar-refractivity contribution is -0.115. The molecule has 1 aromatic heterocycles. The van der Waals surface area contributed by atoms with Gasteiger partial charge in [-0.25, -0.2) is 13.8 Å². The van der Waals surface area contributed by atoms with E-state index in [1.54, 1.807) is 36.4 Å². The Kier molecular flexibility index (Phi) is 7.92. The fourth-order valence-corrected chi connectivity index (χ4v) is 3.00. The molecule has 0 fully saturated rings. The predicted octanol–water partition coefficient (Wildman–Crippen LogP) is 5.37. The van der Waals surface area contributed by atoms with E-state index < -0.39 is 0 Å². The van der Waals surface area contributed by atoms with Crippen LogP contribution in [0.15, 0.2) is 60.7 Å². The molecule has 0 aliphatic carbocycles. The second-order valence-corrected chi connectivity index (χ2v) is 7.21. The highest BCUT2D eigenvalue weighted by Crippen LogP contribution is 2.23. The number of hydrogen-bond acceptors (Lipinski definition) is 4. The molecule has 1 heterocycles. The minimum absolute atomic E-state index is 0.0662. The molecular weight excluding hydrogens is 398 g/mol. The molecule has 0 saturated heterocycles. The minimum atomic E-state index is -0.370. The van der Waals surface area contributed by atoms with Crippen LogP contribution in [0.1, 0.15) is 30.9 Å². The molecule has 0 aliphatic heterocycles. The number of unbranched alkanes of at least 4 members (excludes halogenated alkanes) is 1. The second kappa shape index (κ2) is 11.1. The van der Waals surface area contributed by atoms with Crippen molar-refractivity contribution >= 4 is 23.2 Å². The molecule has 0 spiro atoms. The highest BCUT2D eigenvalue weighted by molar-refractivity contribution is 5.95. The van der Waals surface area contributed by atoms with Crippen LogP contribution in [0.2, 0.25) is 0 Å². The maximum absolute atomic E-state index is 13.4. The topological polar surface area (TPSA) is 66.1 Å². The summed E-state index contributed by atoms with van der Waals surface area (Å²) in [6.45, 7) is 3.31. The average molecular weight is 424 g/mol. The maximum Gasteiger partial charge on any atom is 0.228 e. The van der Waals surface area contributed by atoms with Crippen molar-refractivity contribution in [2.45, 2.75) is 32.7 Å². The number of carbonyl (C=O) groups excluding carboxylic acids is 1. The Morgan fingerprint density at radius 3 is 2.48 bits per heavy atom. The molecule has 2 aromatic carbocycles. The Labute approximate surface area is 180 Å². The Bertz CT molecular complexity index is 1010. The summed E-state index contributed by atoms with van der Waals surface area (Å²) < 4.78 is 26.4. The molecule has 1 amide bonds. The number of nitrogens with one attached hydrogen (secondary N) is 3. The van der Waals surface area contributed by atoms with Crippen molar-refractivity contribution in [2.24, 2.45) is 0 Å². The van der Waals surface area contributed by atoms with Crippen LogP contribution in [-0.4, -0.2) is 17.4 Å². The molecule has 3 rings (SSSR count). The molecular formula is C24H26F2N4O. The van der Waals surface area contributed by atoms with Crippen molar-refractivity contribution < 1.29 is 13.6 Å². The first kappa shape index (κ1) is 22.2. The van der Waals surface area contributed by atoms with Gasteiger partial charge in [0.15, 0.2) is 5.82 Å². The maximum atomic E-state index is 13.4. The third kappa shape index (κ3) is 7.06. The third-order valence-corrected chi connectivity index (χ3v) is 4.63. The lowest BCUT2D eigenvalue weighted by Gasteiger charge is -2.15. The van der Waals surface area contributed by atoms with Crippen LogP contribution in [0.4, 0.5) is 26.1 Å². The van der Waals surface area contributed by atoms with E-state index in [2.05, 4.69) is 27.9 Å². The summed E-state index contributed by atoms with van der Waals surface area (Å²) in [5.74, 6) is 0.294.